The molecule has 0 N–H and O–H groups in total. The second-order valence-electron chi connectivity index (χ2n) is 4.92. The van der Waals surface area contributed by atoms with Crippen molar-refractivity contribution >= 4 is 12.2 Å². The van der Waals surface area contributed by atoms with E-state index in [0.29, 0.717) is 18.3 Å². The summed E-state index contributed by atoms with van der Waals surface area (Å²) in [5.41, 5.74) is -0.914. The topological polar surface area (TPSA) is 58.9 Å². The van der Waals surface area contributed by atoms with E-state index in [1.165, 1.54) is 0 Å². The Hall–Kier alpha value is -1.50. The number of aliphatic imine (C=N–C) groups is 2. The van der Waals surface area contributed by atoms with Gasteiger partial charge in [0.2, 0.25) is 12.2 Å². The van der Waals surface area contributed by atoms with Gasteiger partial charge in [0.1, 0.15) is 0 Å². The molecule has 0 aromatic carbocycles. The minimum Gasteiger partial charge on any atom is -0.211 e. The molecule has 17 heavy (non-hydrogen) atoms. The molecule has 0 aromatic heterocycles. The molecule has 3 atom stereocenters. The molecule has 2 aliphatic rings. The standard InChI is InChI=1S/C13H16N2O2/c1-2-5-13(14-8-16,15-9-17)12-7-10-3-4-11(12)6-10/h3-4,10-12H,2,5-7H2,1H3. The molecule has 4 nitrogen and oxygen atoms in total. The van der Waals surface area contributed by atoms with Gasteiger partial charge in [-0.1, -0.05) is 25.5 Å². The molecular weight excluding hydrogens is 216 g/mol. The molecule has 0 heterocycles. The summed E-state index contributed by atoms with van der Waals surface area (Å²) in [6.07, 6.45) is 11.1. The average molecular weight is 232 g/mol. The third kappa shape index (κ3) is 2.02. The molecular formula is C13H16N2O2. The Balaban J connectivity index is 2.34. The molecule has 0 radical (unpaired) electrons. The number of allylic oxidation sites excluding steroid dienone is 2. The summed E-state index contributed by atoms with van der Waals surface area (Å²) in [6, 6.07) is 0. The summed E-state index contributed by atoms with van der Waals surface area (Å²) in [5.74, 6) is 1.10. The van der Waals surface area contributed by atoms with Crippen molar-refractivity contribution in [1.29, 1.82) is 0 Å². The van der Waals surface area contributed by atoms with Gasteiger partial charge >= 0.3 is 0 Å². The Kier molecular flexibility index (Phi) is 3.37. The summed E-state index contributed by atoms with van der Waals surface area (Å²) in [7, 11) is 0. The maximum Gasteiger partial charge on any atom is 0.237 e. The van der Waals surface area contributed by atoms with Crippen molar-refractivity contribution in [1.82, 2.24) is 0 Å². The lowest BCUT2D eigenvalue weighted by molar-refractivity contribution is 0.227. The van der Waals surface area contributed by atoms with Crippen LogP contribution in [-0.2, 0) is 9.59 Å². The molecule has 90 valence electrons. The van der Waals surface area contributed by atoms with Crippen molar-refractivity contribution in [3.8, 4) is 0 Å². The highest BCUT2D eigenvalue weighted by Crippen LogP contribution is 2.50. The third-order valence-corrected chi connectivity index (χ3v) is 3.97. The third-order valence-electron chi connectivity index (χ3n) is 3.97. The highest BCUT2D eigenvalue weighted by molar-refractivity contribution is 5.40. The monoisotopic (exact) mass is 232 g/mol. The lowest BCUT2D eigenvalue weighted by Gasteiger charge is -2.32. The number of fused-ring (bicyclic) bond motifs is 2. The lowest BCUT2D eigenvalue weighted by Crippen LogP contribution is -2.36. The van der Waals surface area contributed by atoms with Crippen LogP contribution in [0.3, 0.4) is 0 Å². The van der Waals surface area contributed by atoms with E-state index in [0.717, 1.165) is 19.3 Å². The summed E-state index contributed by atoms with van der Waals surface area (Å²) in [5, 5.41) is 0. The van der Waals surface area contributed by atoms with E-state index in [1.807, 2.05) is 6.92 Å². The average Bonchev–Trinajstić information content (AvgIpc) is 2.91. The summed E-state index contributed by atoms with van der Waals surface area (Å²) in [6.45, 7) is 2.00. The first-order valence-electron chi connectivity index (χ1n) is 6.12. The van der Waals surface area contributed by atoms with Crippen LogP contribution >= 0.6 is 0 Å². The Bertz CT molecular complexity index is 399. The number of nitrogens with zero attached hydrogens (tertiary/aromatic N) is 2. The van der Waals surface area contributed by atoms with Crippen LogP contribution in [0.15, 0.2) is 22.1 Å². The zero-order valence-electron chi connectivity index (χ0n) is 9.93. The first kappa shape index (κ1) is 12.0. The van der Waals surface area contributed by atoms with E-state index in [4.69, 9.17) is 0 Å². The molecule has 2 aliphatic carbocycles. The fourth-order valence-electron chi connectivity index (χ4n) is 3.33. The van der Waals surface area contributed by atoms with Gasteiger partial charge in [0.25, 0.3) is 0 Å². The van der Waals surface area contributed by atoms with Crippen LogP contribution in [0.1, 0.15) is 32.6 Å². The molecule has 0 spiro atoms. The molecule has 2 rings (SSSR count). The van der Waals surface area contributed by atoms with Crippen molar-refractivity contribution in [2.75, 3.05) is 0 Å². The van der Waals surface area contributed by atoms with Gasteiger partial charge in [0, 0.05) is 5.92 Å². The molecule has 1 saturated carbocycles. The van der Waals surface area contributed by atoms with Crippen molar-refractivity contribution in [2.45, 2.75) is 38.3 Å². The molecule has 0 aromatic rings. The Morgan fingerprint density at radius 1 is 1.24 bits per heavy atom. The lowest BCUT2D eigenvalue weighted by atomic mass is 9.80. The minimum atomic E-state index is -0.914. The van der Waals surface area contributed by atoms with Crippen LogP contribution in [0.4, 0.5) is 0 Å². The van der Waals surface area contributed by atoms with E-state index in [1.54, 1.807) is 12.2 Å². The maximum absolute atomic E-state index is 10.6. The number of isocyanates is 2. The van der Waals surface area contributed by atoms with Gasteiger partial charge in [-0.15, -0.1) is 0 Å². The van der Waals surface area contributed by atoms with Gasteiger partial charge in [0.05, 0.1) is 0 Å². The predicted molar refractivity (Wildman–Crippen MR) is 62.7 cm³/mol. The van der Waals surface area contributed by atoms with Crippen LogP contribution in [-0.4, -0.2) is 17.8 Å². The van der Waals surface area contributed by atoms with E-state index >= 15 is 0 Å². The highest BCUT2D eigenvalue weighted by atomic mass is 16.1. The normalized spacial score (nSPS) is 32.6. The summed E-state index contributed by atoms with van der Waals surface area (Å²) < 4.78 is 0. The number of carbonyl (C=O) groups excluding carboxylic acids is 2. The van der Waals surface area contributed by atoms with Gasteiger partial charge in [-0.05, 0) is 31.1 Å². The predicted octanol–water partition coefficient (Wildman–Crippen LogP) is 2.37. The highest BCUT2D eigenvalue weighted by Gasteiger charge is 2.49. The van der Waals surface area contributed by atoms with E-state index in [2.05, 4.69) is 22.1 Å². The van der Waals surface area contributed by atoms with Gasteiger partial charge in [-0.3, -0.25) is 0 Å². The molecule has 0 saturated heterocycles. The Morgan fingerprint density at radius 3 is 2.35 bits per heavy atom. The van der Waals surface area contributed by atoms with Gasteiger partial charge in [-0.2, -0.15) is 9.98 Å². The van der Waals surface area contributed by atoms with E-state index in [-0.39, 0.29) is 5.92 Å². The summed E-state index contributed by atoms with van der Waals surface area (Å²) in [4.78, 5) is 29.0. The minimum absolute atomic E-state index is 0.153. The quantitative estimate of drug-likeness (QED) is 0.415. The van der Waals surface area contributed by atoms with Crippen LogP contribution < -0.4 is 0 Å². The molecule has 4 heteroatoms. The van der Waals surface area contributed by atoms with E-state index < -0.39 is 5.66 Å². The van der Waals surface area contributed by atoms with Crippen LogP contribution in [0.5, 0.6) is 0 Å². The molecule has 0 aliphatic heterocycles. The second kappa shape index (κ2) is 4.79. The molecule has 1 fully saturated rings. The number of rotatable bonds is 5. The second-order valence-corrected chi connectivity index (χ2v) is 4.92. The summed E-state index contributed by atoms with van der Waals surface area (Å²) >= 11 is 0. The SMILES string of the molecule is CCCC(N=C=O)(N=C=O)C1CC2C=CC1C2. The maximum atomic E-state index is 10.6. The fraction of sp³-hybridized carbons (Fsp3) is 0.692. The molecule has 0 amide bonds. The molecule has 2 bridgehead atoms. The Morgan fingerprint density at radius 2 is 1.94 bits per heavy atom. The Labute approximate surface area is 101 Å². The largest absolute Gasteiger partial charge is 0.237 e. The van der Waals surface area contributed by atoms with Crippen LogP contribution in [0.25, 0.3) is 0 Å². The van der Waals surface area contributed by atoms with Gasteiger partial charge in [-0.25, -0.2) is 9.59 Å². The smallest absolute Gasteiger partial charge is 0.211 e. The van der Waals surface area contributed by atoms with Crippen molar-refractivity contribution in [3.05, 3.63) is 12.2 Å². The van der Waals surface area contributed by atoms with Gasteiger partial charge in [0.15, 0.2) is 5.66 Å². The molecule has 3 unspecified atom stereocenters. The first-order chi connectivity index (χ1) is 8.25. The van der Waals surface area contributed by atoms with Gasteiger partial charge < -0.3 is 0 Å². The first-order valence-corrected chi connectivity index (χ1v) is 6.12. The fourth-order valence-corrected chi connectivity index (χ4v) is 3.33. The zero-order valence-corrected chi connectivity index (χ0v) is 9.93. The van der Waals surface area contributed by atoms with Crippen molar-refractivity contribution in [2.24, 2.45) is 27.7 Å². The van der Waals surface area contributed by atoms with Crippen LogP contribution in [0, 0.1) is 17.8 Å². The van der Waals surface area contributed by atoms with E-state index in [9.17, 15) is 9.59 Å². The number of hydrogen-bond donors (Lipinski definition) is 0. The zero-order chi connectivity index (χ0) is 12.3. The van der Waals surface area contributed by atoms with Crippen molar-refractivity contribution in [3.63, 3.8) is 0 Å². The number of hydrogen-bond acceptors (Lipinski definition) is 4. The van der Waals surface area contributed by atoms with Crippen molar-refractivity contribution < 1.29 is 9.59 Å². The van der Waals surface area contributed by atoms with Crippen LogP contribution in [0.2, 0.25) is 0 Å².